The van der Waals surface area contributed by atoms with Crippen LogP contribution >= 0.6 is 0 Å². The lowest BCUT2D eigenvalue weighted by atomic mass is 9.96. The first-order valence-corrected chi connectivity index (χ1v) is 7.40. The van der Waals surface area contributed by atoms with E-state index in [-0.39, 0.29) is 11.8 Å². The summed E-state index contributed by atoms with van der Waals surface area (Å²) < 4.78 is 5.23. The molecule has 1 unspecified atom stereocenters. The highest BCUT2D eigenvalue weighted by Crippen LogP contribution is 2.19. The molecular formula is C17H22N2O2. The van der Waals surface area contributed by atoms with Gasteiger partial charge in [-0.3, -0.25) is 4.79 Å². The number of rotatable bonds is 6. The number of carbonyl (C=O) groups is 1. The monoisotopic (exact) mass is 286 g/mol. The van der Waals surface area contributed by atoms with E-state index in [1.165, 1.54) is 0 Å². The summed E-state index contributed by atoms with van der Waals surface area (Å²) >= 11 is 0. The summed E-state index contributed by atoms with van der Waals surface area (Å²) in [4.78, 5) is 12.3. The molecule has 1 amide bonds. The van der Waals surface area contributed by atoms with E-state index in [0.717, 1.165) is 17.7 Å². The average molecular weight is 286 g/mol. The summed E-state index contributed by atoms with van der Waals surface area (Å²) in [5.41, 5.74) is 1.95. The fraction of sp³-hybridized carbons (Fsp3) is 0.412. The Morgan fingerprint density at radius 3 is 2.57 bits per heavy atom. The smallest absolute Gasteiger partial charge is 0.227 e. The Labute approximate surface area is 125 Å². The van der Waals surface area contributed by atoms with Crippen molar-refractivity contribution in [3.05, 3.63) is 53.4 Å². The Balaban J connectivity index is 1.96. The number of nitrogens with zero attached hydrogens (tertiary/aromatic N) is 1. The van der Waals surface area contributed by atoms with Crippen molar-refractivity contribution in [1.29, 1.82) is 0 Å². The number of nitrogens with one attached hydrogen (secondary N) is 1. The first-order chi connectivity index (χ1) is 10.1. The second-order valence-electron chi connectivity index (χ2n) is 5.46. The fourth-order valence-electron chi connectivity index (χ4n) is 2.24. The molecule has 0 aliphatic heterocycles. The normalized spacial score (nSPS) is 12.4. The highest BCUT2D eigenvalue weighted by molar-refractivity contribution is 5.83. The molecule has 112 valence electrons. The second-order valence-corrected chi connectivity index (χ2v) is 5.46. The van der Waals surface area contributed by atoms with E-state index in [0.29, 0.717) is 18.2 Å². The predicted molar refractivity (Wildman–Crippen MR) is 81.9 cm³/mol. The van der Waals surface area contributed by atoms with Crippen LogP contribution in [0.25, 0.3) is 0 Å². The maximum atomic E-state index is 12.3. The largest absolute Gasteiger partial charge is 0.359 e. The molecule has 4 nitrogen and oxygen atoms in total. The summed E-state index contributed by atoms with van der Waals surface area (Å²) in [5, 5.41) is 6.92. The number of hydrogen-bond acceptors (Lipinski definition) is 3. The third-order valence-corrected chi connectivity index (χ3v) is 3.53. The van der Waals surface area contributed by atoms with Crippen LogP contribution < -0.4 is 5.32 Å². The Kier molecular flexibility index (Phi) is 5.14. The third kappa shape index (κ3) is 3.94. The fourth-order valence-corrected chi connectivity index (χ4v) is 2.24. The molecular weight excluding hydrogens is 264 g/mol. The number of hydrogen-bond donors (Lipinski definition) is 1. The predicted octanol–water partition coefficient (Wildman–Crippen LogP) is 3.61. The minimum Gasteiger partial charge on any atom is -0.359 e. The van der Waals surface area contributed by atoms with E-state index in [9.17, 15) is 4.79 Å². The quantitative estimate of drug-likeness (QED) is 0.882. The van der Waals surface area contributed by atoms with Crippen LogP contribution in [0, 0.1) is 0 Å². The summed E-state index contributed by atoms with van der Waals surface area (Å²) in [6.07, 6.45) is 0.767. The van der Waals surface area contributed by atoms with Gasteiger partial charge in [-0.25, -0.2) is 0 Å². The molecule has 0 spiro atoms. The first-order valence-electron chi connectivity index (χ1n) is 7.40. The highest BCUT2D eigenvalue weighted by atomic mass is 16.5. The van der Waals surface area contributed by atoms with E-state index in [2.05, 4.69) is 24.3 Å². The summed E-state index contributed by atoms with van der Waals surface area (Å²) in [5.74, 6) is 0.908. The van der Waals surface area contributed by atoms with Crippen molar-refractivity contribution in [2.24, 2.45) is 0 Å². The molecule has 0 aliphatic carbocycles. The van der Waals surface area contributed by atoms with Gasteiger partial charge in [0.15, 0.2) is 5.76 Å². The average Bonchev–Trinajstić information content (AvgIpc) is 2.96. The van der Waals surface area contributed by atoms with Crippen molar-refractivity contribution in [3.8, 4) is 0 Å². The van der Waals surface area contributed by atoms with Gasteiger partial charge in [0.25, 0.3) is 0 Å². The van der Waals surface area contributed by atoms with Crippen molar-refractivity contribution < 1.29 is 9.32 Å². The van der Waals surface area contributed by atoms with Gasteiger partial charge in [0.1, 0.15) is 0 Å². The Bertz CT molecular complexity index is 575. The molecule has 2 rings (SSSR count). The van der Waals surface area contributed by atoms with Crippen LogP contribution in [0.1, 0.15) is 56.0 Å². The molecule has 0 saturated carbocycles. The van der Waals surface area contributed by atoms with E-state index in [1.54, 1.807) is 0 Å². The zero-order valence-corrected chi connectivity index (χ0v) is 12.8. The van der Waals surface area contributed by atoms with Crippen LogP contribution in [0.3, 0.4) is 0 Å². The van der Waals surface area contributed by atoms with E-state index in [1.807, 2.05) is 43.3 Å². The molecule has 1 aromatic heterocycles. The minimum absolute atomic E-state index is 0.0196. The molecule has 1 N–H and O–H groups in total. The van der Waals surface area contributed by atoms with Gasteiger partial charge in [0, 0.05) is 6.07 Å². The minimum atomic E-state index is -0.126. The van der Waals surface area contributed by atoms with Crippen LogP contribution in [-0.2, 0) is 11.3 Å². The number of carbonyl (C=O) groups excluding carboxylic acids is 1. The topological polar surface area (TPSA) is 55.1 Å². The van der Waals surface area contributed by atoms with E-state index >= 15 is 0 Å². The van der Waals surface area contributed by atoms with Crippen LogP contribution in [0.2, 0.25) is 0 Å². The summed E-state index contributed by atoms with van der Waals surface area (Å²) in [6, 6.07) is 11.7. The van der Waals surface area contributed by atoms with Gasteiger partial charge in [-0.1, -0.05) is 56.3 Å². The van der Waals surface area contributed by atoms with Crippen LogP contribution in [0.4, 0.5) is 0 Å². The lowest BCUT2D eigenvalue weighted by molar-refractivity contribution is -0.122. The van der Waals surface area contributed by atoms with E-state index in [4.69, 9.17) is 4.52 Å². The Morgan fingerprint density at radius 2 is 2.00 bits per heavy atom. The highest BCUT2D eigenvalue weighted by Gasteiger charge is 2.18. The molecule has 1 aromatic carbocycles. The molecule has 4 heteroatoms. The summed E-state index contributed by atoms with van der Waals surface area (Å²) in [6.45, 7) is 6.51. The molecule has 0 fully saturated rings. The number of benzene rings is 1. The van der Waals surface area contributed by atoms with Crippen LogP contribution in [0.15, 0.2) is 40.9 Å². The van der Waals surface area contributed by atoms with Crippen molar-refractivity contribution in [2.45, 2.75) is 45.6 Å². The van der Waals surface area contributed by atoms with Crippen molar-refractivity contribution in [1.82, 2.24) is 10.5 Å². The van der Waals surface area contributed by atoms with Gasteiger partial charge in [-0.05, 0) is 17.9 Å². The number of amides is 1. The number of aromatic nitrogens is 1. The van der Waals surface area contributed by atoms with Gasteiger partial charge in [-0.15, -0.1) is 0 Å². The molecule has 0 saturated heterocycles. The molecule has 0 bridgehead atoms. The second kappa shape index (κ2) is 7.07. The van der Waals surface area contributed by atoms with Gasteiger partial charge in [-0.2, -0.15) is 0 Å². The van der Waals surface area contributed by atoms with Crippen LogP contribution in [-0.4, -0.2) is 11.1 Å². The first kappa shape index (κ1) is 15.3. The molecule has 21 heavy (non-hydrogen) atoms. The Morgan fingerprint density at radius 1 is 1.29 bits per heavy atom. The molecule has 1 heterocycles. The van der Waals surface area contributed by atoms with Crippen molar-refractivity contribution in [2.75, 3.05) is 0 Å². The third-order valence-electron chi connectivity index (χ3n) is 3.53. The molecule has 1 atom stereocenters. The molecule has 0 aliphatic rings. The SMILES string of the molecule is CCC(C(=O)NCc1cc(C(C)C)no1)c1ccccc1. The van der Waals surface area contributed by atoms with Crippen molar-refractivity contribution in [3.63, 3.8) is 0 Å². The molecule has 0 radical (unpaired) electrons. The lowest BCUT2D eigenvalue weighted by Gasteiger charge is -2.14. The molecule has 2 aromatic rings. The maximum Gasteiger partial charge on any atom is 0.227 e. The zero-order valence-electron chi connectivity index (χ0n) is 12.8. The lowest BCUT2D eigenvalue weighted by Crippen LogP contribution is -2.28. The zero-order chi connectivity index (χ0) is 15.2. The van der Waals surface area contributed by atoms with Gasteiger partial charge >= 0.3 is 0 Å². The standard InChI is InChI=1S/C17H22N2O2/c1-4-15(13-8-6-5-7-9-13)17(20)18-11-14-10-16(12(2)3)19-21-14/h5-10,12,15H,4,11H2,1-3H3,(H,18,20). The van der Waals surface area contributed by atoms with Gasteiger partial charge in [0.2, 0.25) is 5.91 Å². The summed E-state index contributed by atoms with van der Waals surface area (Å²) in [7, 11) is 0. The maximum absolute atomic E-state index is 12.3. The van der Waals surface area contributed by atoms with E-state index < -0.39 is 0 Å². The van der Waals surface area contributed by atoms with Crippen LogP contribution in [0.5, 0.6) is 0 Å². The van der Waals surface area contributed by atoms with Gasteiger partial charge < -0.3 is 9.84 Å². The van der Waals surface area contributed by atoms with Crippen molar-refractivity contribution >= 4 is 5.91 Å². The Hall–Kier alpha value is -2.10. The van der Waals surface area contributed by atoms with Gasteiger partial charge in [0.05, 0.1) is 18.2 Å².